The maximum Gasteiger partial charge on any atom is 0.292 e. The first-order valence-electron chi connectivity index (χ1n) is 6.80. The molecule has 6 nitrogen and oxygen atoms in total. The molecular formula is C16H13FN4O2. The molecule has 0 saturated carbocycles. The lowest BCUT2D eigenvalue weighted by atomic mass is 10.1. The van der Waals surface area contributed by atoms with Crippen molar-refractivity contribution in [2.45, 2.75) is 0 Å². The van der Waals surface area contributed by atoms with Crippen molar-refractivity contribution in [2.75, 3.05) is 7.11 Å². The minimum atomic E-state index is -0.406. The summed E-state index contributed by atoms with van der Waals surface area (Å²) in [5, 5.41) is 13.2. The summed E-state index contributed by atoms with van der Waals surface area (Å²) in [5.41, 5.74) is 1.31. The van der Waals surface area contributed by atoms with E-state index in [2.05, 4.69) is 20.4 Å². The zero-order valence-corrected chi connectivity index (χ0v) is 12.2. The van der Waals surface area contributed by atoms with Crippen LogP contribution in [-0.2, 0) is 0 Å². The largest absolute Gasteiger partial charge is 0.496 e. The maximum absolute atomic E-state index is 12.9. The SMILES string of the molecule is COc1ccccc1-c1[nH][nH]c(=O)c1N=Nc1ccc(F)cc1. The lowest BCUT2D eigenvalue weighted by Gasteiger charge is -2.06. The second-order valence-electron chi connectivity index (χ2n) is 4.68. The summed E-state index contributed by atoms with van der Waals surface area (Å²) in [7, 11) is 1.54. The normalized spacial score (nSPS) is 11.0. The Morgan fingerprint density at radius 1 is 1.00 bits per heavy atom. The Balaban J connectivity index is 2.02. The third-order valence-corrected chi connectivity index (χ3v) is 3.22. The van der Waals surface area contributed by atoms with Crippen LogP contribution in [0, 0.1) is 5.82 Å². The van der Waals surface area contributed by atoms with Crippen molar-refractivity contribution in [2.24, 2.45) is 10.2 Å². The Kier molecular flexibility index (Phi) is 4.01. The van der Waals surface area contributed by atoms with Crippen LogP contribution >= 0.6 is 0 Å². The van der Waals surface area contributed by atoms with Gasteiger partial charge in [0, 0.05) is 5.56 Å². The summed E-state index contributed by atoms with van der Waals surface area (Å²) in [6.45, 7) is 0. The Morgan fingerprint density at radius 2 is 1.74 bits per heavy atom. The van der Waals surface area contributed by atoms with Gasteiger partial charge in [0.05, 0.1) is 18.5 Å². The average Bonchev–Trinajstić information content (AvgIpc) is 2.95. The van der Waals surface area contributed by atoms with Crippen LogP contribution in [0.5, 0.6) is 5.75 Å². The molecule has 0 amide bonds. The molecule has 23 heavy (non-hydrogen) atoms. The predicted octanol–water partition coefficient (Wildman–Crippen LogP) is 3.93. The predicted molar refractivity (Wildman–Crippen MR) is 84.0 cm³/mol. The quantitative estimate of drug-likeness (QED) is 0.715. The van der Waals surface area contributed by atoms with E-state index >= 15 is 0 Å². The highest BCUT2D eigenvalue weighted by molar-refractivity contribution is 5.76. The van der Waals surface area contributed by atoms with Gasteiger partial charge in [-0.25, -0.2) is 4.39 Å². The molecule has 1 aromatic heterocycles. The molecule has 0 atom stereocenters. The molecule has 2 aromatic carbocycles. The van der Waals surface area contributed by atoms with Crippen LogP contribution in [0.15, 0.2) is 63.6 Å². The summed E-state index contributed by atoms with van der Waals surface area (Å²) in [6.07, 6.45) is 0. The first-order valence-corrected chi connectivity index (χ1v) is 6.80. The first-order chi connectivity index (χ1) is 11.2. The van der Waals surface area contributed by atoms with E-state index in [1.807, 2.05) is 12.1 Å². The summed E-state index contributed by atoms with van der Waals surface area (Å²) < 4.78 is 18.2. The van der Waals surface area contributed by atoms with Gasteiger partial charge < -0.3 is 4.74 Å². The van der Waals surface area contributed by atoms with Gasteiger partial charge in [0.15, 0.2) is 5.69 Å². The Hall–Kier alpha value is -3.22. The van der Waals surface area contributed by atoms with Gasteiger partial charge in [0.25, 0.3) is 5.56 Å². The number of nitrogens with one attached hydrogen (secondary N) is 2. The van der Waals surface area contributed by atoms with Crippen LogP contribution in [-0.4, -0.2) is 17.3 Å². The molecule has 0 aliphatic carbocycles. The van der Waals surface area contributed by atoms with Crippen molar-refractivity contribution in [3.63, 3.8) is 0 Å². The molecule has 3 aromatic rings. The van der Waals surface area contributed by atoms with E-state index in [0.717, 1.165) is 0 Å². The topological polar surface area (TPSA) is 82.6 Å². The maximum atomic E-state index is 12.9. The van der Waals surface area contributed by atoms with Gasteiger partial charge in [-0.2, -0.15) is 5.11 Å². The van der Waals surface area contributed by atoms with Crippen LogP contribution in [0.1, 0.15) is 0 Å². The number of azo groups is 1. The van der Waals surface area contributed by atoms with Crippen LogP contribution < -0.4 is 10.3 Å². The van der Waals surface area contributed by atoms with E-state index in [9.17, 15) is 9.18 Å². The lowest BCUT2D eigenvalue weighted by Crippen LogP contribution is -1.96. The molecule has 7 heteroatoms. The molecule has 0 aliphatic heterocycles. The first kappa shape index (κ1) is 14.7. The number of rotatable bonds is 4. The average molecular weight is 312 g/mol. The number of methoxy groups -OCH3 is 1. The number of halogens is 1. The number of para-hydroxylation sites is 1. The van der Waals surface area contributed by atoms with Gasteiger partial charge in [-0.15, -0.1) is 5.11 Å². The zero-order chi connectivity index (χ0) is 16.2. The van der Waals surface area contributed by atoms with E-state index in [1.165, 1.54) is 24.3 Å². The minimum Gasteiger partial charge on any atom is -0.496 e. The van der Waals surface area contributed by atoms with E-state index in [-0.39, 0.29) is 11.5 Å². The van der Waals surface area contributed by atoms with E-state index < -0.39 is 5.56 Å². The number of aromatic amines is 2. The Labute approximate surface area is 130 Å². The van der Waals surface area contributed by atoms with Crippen molar-refractivity contribution < 1.29 is 9.13 Å². The van der Waals surface area contributed by atoms with Gasteiger partial charge in [-0.3, -0.25) is 15.0 Å². The fourth-order valence-corrected chi connectivity index (χ4v) is 2.11. The Bertz CT molecular complexity index is 897. The Morgan fingerprint density at radius 3 is 2.48 bits per heavy atom. The molecule has 0 saturated heterocycles. The van der Waals surface area contributed by atoms with Crippen molar-refractivity contribution in [3.05, 3.63) is 64.7 Å². The smallest absolute Gasteiger partial charge is 0.292 e. The molecule has 0 radical (unpaired) electrons. The molecule has 116 valence electrons. The third-order valence-electron chi connectivity index (χ3n) is 3.22. The van der Waals surface area contributed by atoms with Crippen LogP contribution in [0.3, 0.4) is 0 Å². The third kappa shape index (κ3) is 3.03. The van der Waals surface area contributed by atoms with Gasteiger partial charge in [-0.1, -0.05) is 12.1 Å². The highest BCUT2D eigenvalue weighted by Gasteiger charge is 2.15. The van der Waals surface area contributed by atoms with Crippen molar-refractivity contribution in [1.29, 1.82) is 0 Å². The second kappa shape index (κ2) is 6.27. The van der Waals surface area contributed by atoms with E-state index in [4.69, 9.17) is 4.74 Å². The number of hydrogen-bond acceptors (Lipinski definition) is 4. The van der Waals surface area contributed by atoms with Crippen LogP contribution in [0.25, 0.3) is 11.3 Å². The number of H-pyrrole nitrogens is 2. The molecule has 2 N–H and O–H groups in total. The zero-order valence-electron chi connectivity index (χ0n) is 12.2. The van der Waals surface area contributed by atoms with E-state index in [1.54, 1.807) is 19.2 Å². The molecule has 0 aliphatic rings. The molecule has 3 rings (SSSR count). The molecular weight excluding hydrogens is 299 g/mol. The summed E-state index contributed by atoms with van der Waals surface area (Å²) >= 11 is 0. The number of nitrogens with zero attached hydrogens (tertiary/aromatic N) is 2. The van der Waals surface area contributed by atoms with Gasteiger partial charge in [0.1, 0.15) is 11.6 Å². The lowest BCUT2D eigenvalue weighted by molar-refractivity contribution is 0.416. The fraction of sp³-hybridized carbons (Fsp3) is 0.0625. The van der Waals surface area contributed by atoms with Crippen LogP contribution in [0.4, 0.5) is 15.8 Å². The second-order valence-corrected chi connectivity index (χ2v) is 4.68. The van der Waals surface area contributed by atoms with Gasteiger partial charge >= 0.3 is 0 Å². The fourth-order valence-electron chi connectivity index (χ4n) is 2.11. The summed E-state index contributed by atoms with van der Waals surface area (Å²) in [6, 6.07) is 12.7. The molecule has 0 bridgehead atoms. The van der Waals surface area contributed by atoms with Gasteiger partial charge in [0.2, 0.25) is 0 Å². The van der Waals surface area contributed by atoms with Crippen molar-refractivity contribution >= 4 is 11.4 Å². The molecule has 1 heterocycles. The van der Waals surface area contributed by atoms with Gasteiger partial charge in [-0.05, 0) is 36.4 Å². The highest BCUT2D eigenvalue weighted by atomic mass is 19.1. The molecule has 0 unspecified atom stereocenters. The van der Waals surface area contributed by atoms with Crippen molar-refractivity contribution in [3.8, 4) is 17.0 Å². The number of hydrogen-bond donors (Lipinski definition) is 2. The van der Waals surface area contributed by atoms with E-state index in [0.29, 0.717) is 22.7 Å². The standard InChI is InChI=1S/C16H13FN4O2/c1-23-13-5-3-2-4-12(13)14-15(16(22)21-19-14)20-18-11-8-6-10(17)7-9-11/h2-9H,1H3,(H2,19,21,22). The summed E-state index contributed by atoms with van der Waals surface area (Å²) in [5.74, 6) is 0.235. The number of aromatic nitrogens is 2. The molecule has 0 fully saturated rings. The highest BCUT2D eigenvalue weighted by Crippen LogP contribution is 2.33. The summed E-state index contributed by atoms with van der Waals surface area (Å²) in [4.78, 5) is 11.9. The minimum absolute atomic E-state index is 0.124. The molecule has 0 spiro atoms. The number of benzene rings is 2. The van der Waals surface area contributed by atoms with Crippen molar-refractivity contribution in [1.82, 2.24) is 10.2 Å². The van der Waals surface area contributed by atoms with Crippen LogP contribution in [0.2, 0.25) is 0 Å². The number of ether oxygens (including phenoxy) is 1. The monoisotopic (exact) mass is 312 g/mol.